The third-order valence-corrected chi connectivity index (χ3v) is 4.14. The van der Waals surface area contributed by atoms with Gasteiger partial charge in [0.15, 0.2) is 0 Å². The summed E-state index contributed by atoms with van der Waals surface area (Å²) in [4.78, 5) is 14.3. The molecule has 0 amide bonds. The number of carbonyl (C=O) groups is 1. The highest BCUT2D eigenvalue weighted by molar-refractivity contribution is 6.44. The lowest BCUT2D eigenvalue weighted by Gasteiger charge is -2.31. The molecule has 0 aliphatic carbocycles. The van der Waals surface area contributed by atoms with E-state index in [9.17, 15) is 4.79 Å². The van der Waals surface area contributed by atoms with Gasteiger partial charge in [-0.15, -0.1) is 0 Å². The van der Waals surface area contributed by atoms with Gasteiger partial charge in [-0.25, -0.2) is 4.79 Å². The zero-order valence-corrected chi connectivity index (χ0v) is 13.3. The maximum absolute atomic E-state index is 12.1. The molecule has 2 N–H and O–H groups in total. The molecule has 1 unspecified atom stereocenters. The maximum atomic E-state index is 12.1. The number of nitrogens with zero attached hydrogens (tertiary/aromatic N) is 1. The molecule has 7 heteroatoms. The van der Waals surface area contributed by atoms with Gasteiger partial charge in [-0.3, -0.25) is 4.90 Å². The van der Waals surface area contributed by atoms with Crippen molar-refractivity contribution in [2.24, 2.45) is 0 Å². The Morgan fingerprint density at radius 3 is 3.00 bits per heavy atom. The molecule has 0 bridgehead atoms. The highest BCUT2D eigenvalue weighted by atomic mass is 35.5. The molecule has 1 aliphatic heterocycles. The number of esters is 1. The van der Waals surface area contributed by atoms with Crippen molar-refractivity contribution < 1.29 is 14.3 Å². The largest absolute Gasteiger partial charge is 0.459 e. The van der Waals surface area contributed by atoms with Crippen LogP contribution in [0.1, 0.15) is 17.3 Å². The number of carbonyl (C=O) groups excluding carboxylic acids is 1. The molecule has 1 heterocycles. The van der Waals surface area contributed by atoms with E-state index in [0.29, 0.717) is 12.3 Å². The van der Waals surface area contributed by atoms with Gasteiger partial charge >= 0.3 is 5.97 Å². The number of halogens is 2. The van der Waals surface area contributed by atoms with Gasteiger partial charge in [0.2, 0.25) is 0 Å². The quantitative estimate of drug-likeness (QED) is 0.677. The second-order valence-electron chi connectivity index (χ2n) is 4.85. The SMILES string of the molecule is CCN1CCOC(COC(=O)c2cc(N)cc(Cl)c2Cl)C1. The van der Waals surface area contributed by atoms with E-state index in [0.717, 1.165) is 19.6 Å². The molecule has 0 aromatic heterocycles. The van der Waals surface area contributed by atoms with Gasteiger partial charge in [-0.1, -0.05) is 30.1 Å². The molecule has 1 aliphatic rings. The summed E-state index contributed by atoms with van der Waals surface area (Å²) in [5.74, 6) is -0.550. The lowest BCUT2D eigenvalue weighted by molar-refractivity contribution is -0.0578. The molecular weight excluding hydrogens is 315 g/mol. The fourth-order valence-corrected chi connectivity index (χ4v) is 2.59. The normalized spacial score (nSPS) is 19.5. The Morgan fingerprint density at radius 1 is 1.52 bits per heavy atom. The summed E-state index contributed by atoms with van der Waals surface area (Å²) >= 11 is 11.9. The first-order valence-corrected chi connectivity index (χ1v) is 7.52. The van der Waals surface area contributed by atoms with Crippen LogP contribution in [0.3, 0.4) is 0 Å². The van der Waals surface area contributed by atoms with Crippen molar-refractivity contribution in [3.05, 3.63) is 27.7 Å². The smallest absolute Gasteiger partial charge is 0.339 e. The van der Waals surface area contributed by atoms with Crippen molar-refractivity contribution in [3.63, 3.8) is 0 Å². The monoisotopic (exact) mass is 332 g/mol. The molecule has 116 valence electrons. The summed E-state index contributed by atoms with van der Waals surface area (Å²) in [7, 11) is 0. The number of ether oxygens (including phenoxy) is 2. The van der Waals surface area contributed by atoms with Crippen LogP contribution in [0.4, 0.5) is 5.69 Å². The average Bonchev–Trinajstić information content (AvgIpc) is 2.48. The number of morpholine rings is 1. The summed E-state index contributed by atoms with van der Waals surface area (Å²) in [6, 6.07) is 2.95. The fourth-order valence-electron chi connectivity index (χ4n) is 2.17. The number of nitrogen functional groups attached to an aromatic ring is 1. The molecule has 21 heavy (non-hydrogen) atoms. The Morgan fingerprint density at radius 2 is 2.29 bits per heavy atom. The van der Waals surface area contributed by atoms with Crippen molar-refractivity contribution in [2.75, 3.05) is 38.6 Å². The Bertz CT molecular complexity index is 525. The van der Waals surface area contributed by atoms with E-state index in [2.05, 4.69) is 11.8 Å². The highest BCUT2D eigenvalue weighted by Crippen LogP contribution is 2.29. The number of hydrogen-bond donors (Lipinski definition) is 1. The predicted octanol–water partition coefficient (Wildman–Crippen LogP) is 2.45. The molecule has 2 rings (SSSR count). The molecule has 1 aromatic carbocycles. The minimum atomic E-state index is -0.550. The van der Waals surface area contributed by atoms with Gasteiger partial charge in [0.25, 0.3) is 0 Å². The van der Waals surface area contributed by atoms with Gasteiger partial charge in [0, 0.05) is 18.8 Å². The Labute approximate surface area is 133 Å². The van der Waals surface area contributed by atoms with Crippen molar-refractivity contribution in [1.82, 2.24) is 4.90 Å². The fraction of sp³-hybridized carbons (Fsp3) is 0.500. The molecule has 1 saturated heterocycles. The molecule has 1 aromatic rings. The first-order valence-electron chi connectivity index (χ1n) is 6.76. The molecule has 5 nitrogen and oxygen atoms in total. The molecule has 0 spiro atoms. The first-order chi connectivity index (χ1) is 10.0. The van der Waals surface area contributed by atoms with Gasteiger partial charge < -0.3 is 15.2 Å². The van der Waals surface area contributed by atoms with Crippen LogP contribution in [0.2, 0.25) is 10.0 Å². The van der Waals surface area contributed by atoms with E-state index in [-0.39, 0.29) is 28.3 Å². The van der Waals surface area contributed by atoms with Crippen molar-refractivity contribution in [3.8, 4) is 0 Å². The number of rotatable bonds is 4. The van der Waals surface area contributed by atoms with Gasteiger partial charge in [-0.2, -0.15) is 0 Å². The van der Waals surface area contributed by atoms with Crippen LogP contribution in [0.25, 0.3) is 0 Å². The second kappa shape index (κ2) is 7.31. The highest BCUT2D eigenvalue weighted by Gasteiger charge is 2.22. The van der Waals surface area contributed by atoms with Crippen molar-refractivity contribution in [2.45, 2.75) is 13.0 Å². The standard InChI is InChI=1S/C14H18Cl2N2O3/c1-2-18-3-4-20-10(7-18)8-21-14(19)11-5-9(17)6-12(15)13(11)16/h5-6,10H,2-4,7-8,17H2,1H3. The van der Waals surface area contributed by atoms with Gasteiger partial charge in [-0.05, 0) is 18.7 Å². The van der Waals surface area contributed by atoms with Crippen LogP contribution in [0.15, 0.2) is 12.1 Å². The van der Waals surface area contributed by atoms with E-state index < -0.39 is 5.97 Å². The maximum Gasteiger partial charge on any atom is 0.339 e. The van der Waals surface area contributed by atoms with E-state index in [4.69, 9.17) is 38.4 Å². The molecular formula is C14H18Cl2N2O3. The number of hydrogen-bond acceptors (Lipinski definition) is 5. The first kappa shape index (κ1) is 16.4. The molecule has 1 fully saturated rings. The van der Waals surface area contributed by atoms with E-state index in [1.165, 1.54) is 12.1 Å². The zero-order chi connectivity index (χ0) is 15.4. The Kier molecular flexibility index (Phi) is 5.70. The number of likely N-dealkylation sites (N-methyl/N-ethyl adjacent to an activating group) is 1. The summed E-state index contributed by atoms with van der Waals surface area (Å²) in [6.45, 7) is 5.50. The van der Waals surface area contributed by atoms with Crippen LogP contribution < -0.4 is 5.73 Å². The van der Waals surface area contributed by atoms with Crippen LogP contribution in [0.5, 0.6) is 0 Å². The second-order valence-corrected chi connectivity index (χ2v) is 5.63. The van der Waals surface area contributed by atoms with Gasteiger partial charge in [0.05, 0.1) is 22.2 Å². The zero-order valence-electron chi connectivity index (χ0n) is 11.8. The number of benzene rings is 1. The third-order valence-electron chi connectivity index (χ3n) is 3.34. The summed E-state index contributed by atoms with van der Waals surface area (Å²) in [5.41, 5.74) is 6.19. The minimum absolute atomic E-state index is 0.127. The molecule has 0 saturated carbocycles. The van der Waals surface area contributed by atoms with Crippen LogP contribution in [-0.2, 0) is 9.47 Å². The van der Waals surface area contributed by atoms with E-state index in [1.807, 2.05) is 0 Å². The average molecular weight is 333 g/mol. The molecule has 1 atom stereocenters. The topological polar surface area (TPSA) is 64.8 Å². The summed E-state index contributed by atoms with van der Waals surface area (Å²) in [5, 5.41) is 0.380. The third kappa shape index (κ3) is 4.23. The summed E-state index contributed by atoms with van der Waals surface area (Å²) in [6.07, 6.45) is -0.127. The van der Waals surface area contributed by atoms with E-state index >= 15 is 0 Å². The van der Waals surface area contributed by atoms with Crippen LogP contribution >= 0.6 is 23.2 Å². The van der Waals surface area contributed by atoms with Crippen LogP contribution in [-0.4, -0.2) is 49.8 Å². The number of nitrogens with two attached hydrogens (primary N) is 1. The summed E-state index contributed by atoms with van der Waals surface area (Å²) < 4.78 is 10.8. The van der Waals surface area contributed by atoms with Crippen molar-refractivity contribution in [1.29, 1.82) is 0 Å². The molecule has 0 radical (unpaired) electrons. The Balaban J connectivity index is 1.96. The van der Waals surface area contributed by atoms with Crippen molar-refractivity contribution >= 4 is 34.9 Å². The Hall–Kier alpha value is -1.01. The minimum Gasteiger partial charge on any atom is -0.459 e. The number of anilines is 1. The lowest BCUT2D eigenvalue weighted by Crippen LogP contribution is -2.44. The predicted molar refractivity (Wildman–Crippen MR) is 83.0 cm³/mol. The van der Waals surface area contributed by atoms with Gasteiger partial charge in [0.1, 0.15) is 12.7 Å². The lowest BCUT2D eigenvalue weighted by atomic mass is 10.2. The van der Waals surface area contributed by atoms with E-state index in [1.54, 1.807) is 0 Å². The van der Waals surface area contributed by atoms with Crippen LogP contribution in [0, 0.1) is 0 Å².